The predicted octanol–water partition coefficient (Wildman–Crippen LogP) is 0.834. The van der Waals surface area contributed by atoms with Crippen LogP contribution in [0.5, 0.6) is 0 Å². The standard InChI is InChI=1S/C10H14N2O4S/c1-3-16-9(14)5-11-10-12-7(6-17-10)4-8(13)15-2/h6H,3-5H2,1-2H3,(H,11,12). The molecule has 0 aliphatic rings. The number of nitrogens with one attached hydrogen (secondary N) is 1. The van der Waals surface area contributed by atoms with Gasteiger partial charge in [-0.2, -0.15) is 0 Å². The molecular weight excluding hydrogens is 244 g/mol. The van der Waals surface area contributed by atoms with E-state index in [1.807, 2.05) is 0 Å². The van der Waals surface area contributed by atoms with Crippen molar-refractivity contribution in [3.8, 4) is 0 Å². The molecular formula is C10H14N2O4S. The van der Waals surface area contributed by atoms with E-state index in [-0.39, 0.29) is 24.9 Å². The van der Waals surface area contributed by atoms with Gasteiger partial charge in [0.2, 0.25) is 0 Å². The van der Waals surface area contributed by atoms with Crippen LogP contribution < -0.4 is 5.32 Å². The third-order valence-corrected chi connectivity index (χ3v) is 2.64. The van der Waals surface area contributed by atoms with E-state index in [0.29, 0.717) is 17.4 Å². The van der Waals surface area contributed by atoms with E-state index in [4.69, 9.17) is 4.74 Å². The molecule has 0 saturated heterocycles. The number of aromatic nitrogens is 1. The van der Waals surface area contributed by atoms with Crippen molar-refractivity contribution in [3.05, 3.63) is 11.1 Å². The molecule has 0 aliphatic heterocycles. The van der Waals surface area contributed by atoms with Gasteiger partial charge in [-0.1, -0.05) is 0 Å². The molecule has 0 atom stereocenters. The first-order chi connectivity index (χ1) is 8.15. The van der Waals surface area contributed by atoms with Crippen LogP contribution in [0.4, 0.5) is 5.13 Å². The molecule has 0 aromatic carbocycles. The van der Waals surface area contributed by atoms with Gasteiger partial charge in [0.25, 0.3) is 0 Å². The van der Waals surface area contributed by atoms with Crippen molar-refractivity contribution < 1.29 is 19.1 Å². The summed E-state index contributed by atoms with van der Waals surface area (Å²) in [5.41, 5.74) is 0.619. The van der Waals surface area contributed by atoms with Crippen LogP contribution in [-0.2, 0) is 25.5 Å². The van der Waals surface area contributed by atoms with Gasteiger partial charge in [-0.25, -0.2) is 4.98 Å². The lowest BCUT2D eigenvalue weighted by Gasteiger charge is -2.01. The van der Waals surface area contributed by atoms with E-state index in [9.17, 15) is 9.59 Å². The monoisotopic (exact) mass is 258 g/mol. The summed E-state index contributed by atoms with van der Waals surface area (Å²) in [6.45, 7) is 2.17. The van der Waals surface area contributed by atoms with E-state index in [2.05, 4.69) is 15.0 Å². The number of ether oxygens (including phenoxy) is 2. The van der Waals surface area contributed by atoms with E-state index < -0.39 is 0 Å². The summed E-state index contributed by atoms with van der Waals surface area (Å²) >= 11 is 1.32. The number of rotatable bonds is 6. The Morgan fingerprint density at radius 1 is 1.47 bits per heavy atom. The minimum Gasteiger partial charge on any atom is -0.469 e. The largest absolute Gasteiger partial charge is 0.469 e. The maximum atomic E-state index is 11.1. The molecule has 7 heteroatoms. The highest BCUT2D eigenvalue weighted by Crippen LogP contribution is 2.15. The van der Waals surface area contributed by atoms with Gasteiger partial charge in [0.1, 0.15) is 6.54 Å². The van der Waals surface area contributed by atoms with Gasteiger partial charge in [-0.15, -0.1) is 11.3 Å². The fourth-order valence-corrected chi connectivity index (χ4v) is 1.76. The molecule has 0 bridgehead atoms. The van der Waals surface area contributed by atoms with Gasteiger partial charge in [-0.3, -0.25) is 9.59 Å². The Kier molecular flexibility index (Phi) is 5.41. The second-order valence-electron chi connectivity index (χ2n) is 3.06. The molecule has 0 saturated carbocycles. The zero-order valence-electron chi connectivity index (χ0n) is 9.69. The minimum atomic E-state index is -0.341. The third kappa shape index (κ3) is 4.81. The molecule has 0 amide bonds. The minimum absolute atomic E-state index is 0.0685. The number of nitrogens with zero attached hydrogens (tertiary/aromatic N) is 1. The lowest BCUT2D eigenvalue weighted by molar-refractivity contribution is -0.141. The number of esters is 2. The van der Waals surface area contributed by atoms with Crippen LogP contribution >= 0.6 is 11.3 Å². The fraction of sp³-hybridized carbons (Fsp3) is 0.500. The Bertz CT molecular complexity index is 391. The molecule has 0 radical (unpaired) electrons. The number of hydrogen-bond acceptors (Lipinski definition) is 7. The number of carbonyl (C=O) groups is 2. The summed E-state index contributed by atoms with van der Waals surface area (Å²) in [5, 5.41) is 5.14. The molecule has 17 heavy (non-hydrogen) atoms. The smallest absolute Gasteiger partial charge is 0.325 e. The van der Waals surface area contributed by atoms with Crippen molar-refractivity contribution in [1.29, 1.82) is 0 Å². The second kappa shape index (κ2) is 6.85. The lowest BCUT2D eigenvalue weighted by Crippen LogP contribution is -2.16. The normalized spacial score (nSPS) is 9.76. The van der Waals surface area contributed by atoms with Crippen molar-refractivity contribution in [3.63, 3.8) is 0 Å². The second-order valence-corrected chi connectivity index (χ2v) is 3.91. The zero-order chi connectivity index (χ0) is 12.7. The molecule has 0 fully saturated rings. The molecule has 1 heterocycles. The first kappa shape index (κ1) is 13.4. The van der Waals surface area contributed by atoms with Crippen LogP contribution in [0.2, 0.25) is 0 Å². The van der Waals surface area contributed by atoms with Gasteiger partial charge < -0.3 is 14.8 Å². The maximum Gasteiger partial charge on any atom is 0.325 e. The maximum absolute atomic E-state index is 11.1. The molecule has 0 unspecified atom stereocenters. The highest BCUT2D eigenvalue weighted by atomic mass is 32.1. The molecule has 94 valence electrons. The van der Waals surface area contributed by atoms with Crippen LogP contribution in [0.3, 0.4) is 0 Å². The van der Waals surface area contributed by atoms with Crippen LogP contribution in [-0.4, -0.2) is 37.2 Å². The summed E-state index contributed by atoms with van der Waals surface area (Å²) in [7, 11) is 1.33. The molecule has 1 rings (SSSR count). The molecule has 1 aromatic heterocycles. The Hall–Kier alpha value is -1.63. The average Bonchev–Trinajstić information content (AvgIpc) is 2.74. The van der Waals surface area contributed by atoms with Gasteiger partial charge in [-0.05, 0) is 6.92 Å². The Labute approximate surface area is 103 Å². The molecule has 0 spiro atoms. The highest BCUT2D eigenvalue weighted by molar-refractivity contribution is 7.13. The van der Waals surface area contributed by atoms with Gasteiger partial charge in [0.05, 0.1) is 25.8 Å². The van der Waals surface area contributed by atoms with E-state index in [0.717, 1.165) is 0 Å². The number of carbonyl (C=O) groups excluding carboxylic acids is 2. The Morgan fingerprint density at radius 3 is 2.88 bits per heavy atom. The summed E-state index contributed by atoms with van der Waals surface area (Å²) in [4.78, 5) is 26.2. The first-order valence-corrected chi connectivity index (χ1v) is 5.94. The summed E-state index contributed by atoms with van der Waals surface area (Å²) in [6.07, 6.45) is 0.133. The van der Waals surface area contributed by atoms with Crippen molar-refractivity contribution in [2.45, 2.75) is 13.3 Å². The van der Waals surface area contributed by atoms with Gasteiger partial charge >= 0.3 is 11.9 Å². The van der Waals surface area contributed by atoms with Gasteiger partial charge in [0.15, 0.2) is 5.13 Å². The Morgan fingerprint density at radius 2 is 2.24 bits per heavy atom. The average molecular weight is 258 g/mol. The number of methoxy groups -OCH3 is 1. The summed E-state index contributed by atoms with van der Waals surface area (Å²) < 4.78 is 9.28. The first-order valence-electron chi connectivity index (χ1n) is 5.06. The third-order valence-electron chi connectivity index (χ3n) is 1.79. The molecule has 6 nitrogen and oxygen atoms in total. The summed E-state index contributed by atoms with van der Waals surface area (Å²) in [5.74, 6) is -0.676. The lowest BCUT2D eigenvalue weighted by atomic mass is 10.3. The molecule has 0 aliphatic carbocycles. The van der Waals surface area contributed by atoms with Crippen LogP contribution in [0.15, 0.2) is 5.38 Å². The quantitative estimate of drug-likeness (QED) is 0.762. The summed E-state index contributed by atoms with van der Waals surface area (Å²) in [6, 6.07) is 0. The van der Waals surface area contributed by atoms with Crippen LogP contribution in [0.1, 0.15) is 12.6 Å². The highest BCUT2D eigenvalue weighted by Gasteiger charge is 2.08. The zero-order valence-corrected chi connectivity index (χ0v) is 10.5. The Balaban J connectivity index is 2.40. The van der Waals surface area contributed by atoms with Crippen molar-refractivity contribution in [1.82, 2.24) is 4.98 Å². The van der Waals surface area contributed by atoms with Crippen molar-refractivity contribution >= 4 is 28.4 Å². The van der Waals surface area contributed by atoms with Crippen molar-refractivity contribution in [2.75, 3.05) is 25.6 Å². The van der Waals surface area contributed by atoms with Crippen LogP contribution in [0, 0.1) is 0 Å². The number of hydrogen-bond donors (Lipinski definition) is 1. The van der Waals surface area contributed by atoms with E-state index in [1.165, 1.54) is 18.4 Å². The molecule has 1 N–H and O–H groups in total. The van der Waals surface area contributed by atoms with Crippen LogP contribution in [0.25, 0.3) is 0 Å². The SMILES string of the molecule is CCOC(=O)CNc1nc(CC(=O)OC)cs1. The number of thiazole rings is 1. The van der Waals surface area contributed by atoms with Crippen molar-refractivity contribution in [2.24, 2.45) is 0 Å². The van der Waals surface area contributed by atoms with E-state index in [1.54, 1.807) is 12.3 Å². The topological polar surface area (TPSA) is 77.5 Å². The van der Waals surface area contributed by atoms with Gasteiger partial charge in [0, 0.05) is 5.38 Å². The van der Waals surface area contributed by atoms with E-state index >= 15 is 0 Å². The molecule has 1 aromatic rings. The fourth-order valence-electron chi connectivity index (χ4n) is 1.05. The predicted molar refractivity (Wildman–Crippen MR) is 63.0 cm³/mol. The number of anilines is 1.